The standard InChI is InChI=1S/C14H20N2O4/c1-14(2,3)10(8-11(17)18)16-12-9(13(19)20-4)6-5-7-15-12/h5-7,10H,8H2,1-4H3,(H,15,16)(H,17,18). The summed E-state index contributed by atoms with van der Waals surface area (Å²) in [6.07, 6.45) is 1.47. The van der Waals surface area contributed by atoms with Gasteiger partial charge in [0.1, 0.15) is 11.4 Å². The second-order valence-corrected chi connectivity index (χ2v) is 5.55. The molecular weight excluding hydrogens is 260 g/mol. The van der Waals surface area contributed by atoms with E-state index in [0.717, 1.165) is 0 Å². The summed E-state index contributed by atoms with van der Waals surface area (Å²) in [5.74, 6) is -1.09. The van der Waals surface area contributed by atoms with Crippen molar-refractivity contribution in [1.29, 1.82) is 0 Å². The molecule has 0 aromatic carbocycles. The fraction of sp³-hybridized carbons (Fsp3) is 0.500. The van der Waals surface area contributed by atoms with Crippen LogP contribution in [0.1, 0.15) is 37.6 Å². The van der Waals surface area contributed by atoms with Gasteiger partial charge in [0.25, 0.3) is 0 Å². The second kappa shape index (κ2) is 6.36. The van der Waals surface area contributed by atoms with Gasteiger partial charge >= 0.3 is 11.9 Å². The Labute approximate surface area is 118 Å². The maximum atomic E-state index is 11.7. The van der Waals surface area contributed by atoms with Crippen LogP contribution in [0.3, 0.4) is 0 Å². The molecule has 0 bridgehead atoms. The Bertz CT molecular complexity index is 494. The van der Waals surface area contributed by atoms with Crippen molar-refractivity contribution >= 4 is 17.8 Å². The molecule has 0 amide bonds. The summed E-state index contributed by atoms with van der Waals surface area (Å²) in [4.78, 5) is 26.7. The number of nitrogens with zero attached hydrogens (tertiary/aromatic N) is 1. The summed E-state index contributed by atoms with van der Waals surface area (Å²) in [6, 6.07) is 2.85. The van der Waals surface area contributed by atoms with E-state index in [1.807, 2.05) is 20.8 Å². The zero-order chi connectivity index (χ0) is 15.3. The molecule has 0 spiro atoms. The van der Waals surface area contributed by atoms with Crippen molar-refractivity contribution in [2.45, 2.75) is 33.2 Å². The van der Waals surface area contributed by atoms with Gasteiger partial charge < -0.3 is 15.2 Å². The van der Waals surface area contributed by atoms with Crippen molar-refractivity contribution in [1.82, 2.24) is 4.98 Å². The van der Waals surface area contributed by atoms with Gasteiger partial charge in [-0.05, 0) is 17.5 Å². The number of hydrogen-bond acceptors (Lipinski definition) is 5. The van der Waals surface area contributed by atoms with Crippen LogP contribution in [0, 0.1) is 5.41 Å². The summed E-state index contributed by atoms with van der Waals surface area (Å²) < 4.78 is 4.69. The minimum absolute atomic E-state index is 0.0688. The molecule has 6 nitrogen and oxygen atoms in total. The molecule has 20 heavy (non-hydrogen) atoms. The zero-order valence-electron chi connectivity index (χ0n) is 12.1. The van der Waals surface area contributed by atoms with Gasteiger partial charge in [-0.15, -0.1) is 0 Å². The van der Waals surface area contributed by atoms with Gasteiger partial charge in [-0.25, -0.2) is 9.78 Å². The van der Waals surface area contributed by atoms with Gasteiger partial charge in [-0.2, -0.15) is 0 Å². The average molecular weight is 280 g/mol. The van der Waals surface area contributed by atoms with Crippen LogP contribution in [0.5, 0.6) is 0 Å². The maximum absolute atomic E-state index is 11.7. The maximum Gasteiger partial charge on any atom is 0.341 e. The predicted molar refractivity (Wildman–Crippen MR) is 74.7 cm³/mol. The molecule has 1 heterocycles. The van der Waals surface area contributed by atoms with Crippen molar-refractivity contribution in [3.8, 4) is 0 Å². The van der Waals surface area contributed by atoms with E-state index >= 15 is 0 Å². The molecule has 6 heteroatoms. The molecule has 0 aliphatic heterocycles. The van der Waals surface area contributed by atoms with Crippen LogP contribution in [0.4, 0.5) is 5.82 Å². The lowest BCUT2D eigenvalue weighted by molar-refractivity contribution is -0.137. The molecule has 1 unspecified atom stereocenters. The minimum Gasteiger partial charge on any atom is -0.481 e. The molecule has 1 rings (SSSR count). The molecule has 2 N–H and O–H groups in total. The highest BCUT2D eigenvalue weighted by Gasteiger charge is 2.28. The first-order valence-electron chi connectivity index (χ1n) is 6.27. The quantitative estimate of drug-likeness (QED) is 0.804. The van der Waals surface area contributed by atoms with Gasteiger partial charge in [0.05, 0.1) is 13.5 Å². The summed E-state index contributed by atoms with van der Waals surface area (Å²) in [7, 11) is 1.29. The van der Waals surface area contributed by atoms with E-state index in [0.29, 0.717) is 5.82 Å². The highest BCUT2D eigenvalue weighted by atomic mass is 16.5. The smallest absolute Gasteiger partial charge is 0.341 e. The number of hydrogen-bond donors (Lipinski definition) is 2. The second-order valence-electron chi connectivity index (χ2n) is 5.55. The molecule has 0 saturated heterocycles. The van der Waals surface area contributed by atoms with Crippen LogP contribution < -0.4 is 5.32 Å². The van der Waals surface area contributed by atoms with Crippen LogP contribution in [0.25, 0.3) is 0 Å². The highest BCUT2D eigenvalue weighted by molar-refractivity contribution is 5.94. The number of aliphatic carboxylic acids is 1. The highest BCUT2D eigenvalue weighted by Crippen LogP contribution is 2.26. The normalized spacial score (nSPS) is 12.6. The number of carboxylic acid groups (broad SMARTS) is 1. The molecule has 1 atom stereocenters. The van der Waals surface area contributed by atoms with Crippen molar-refractivity contribution in [2.24, 2.45) is 5.41 Å². The van der Waals surface area contributed by atoms with E-state index < -0.39 is 11.9 Å². The lowest BCUT2D eigenvalue weighted by atomic mass is 9.84. The Hall–Kier alpha value is -2.11. The van der Waals surface area contributed by atoms with Gasteiger partial charge in [-0.3, -0.25) is 4.79 Å². The molecule has 1 aromatic heterocycles. The monoisotopic (exact) mass is 280 g/mol. The predicted octanol–water partition coefficient (Wildman–Crippen LogP) is 2.17. The number of pyridine rings is 1. The number of aromatic nitrogens is 1. The lowest BCUT2D eigenvalue weighted by Gasteiger charge is -2.31. The van der Waals surface area contributed by atoms with Crippen LogP contribution in [0.15, 0.2) is 18.3 Å². The number of carbonyl (C=O) groups excluding carboxylic acids is 1. The van der Waals surface area contributed by atoms with E-state index in [9.17, 15) is 9.59 Å². The van der Waals surface area contributed by atoms with Crippen molar-refractivity contribution in [3.05, 3.63) is 23.9 Å². The number of nitrogens with one attached hydrogen (secondary N) is 1. The van der Waals surface area contributed by atoms with E-state index in [-0.39, 0.29) is 23.4 Å². The fourth-order valence-corrected chi connectivity index (χ4v) is 1.71. The summed E-state index contributed by atoms with van der Waals surface area (Å²) in [5, 5.41) is 12.0. The first-order valence-corrected chi connectivity index (χ1v) is 6.27. The Morgan fingerprint density at radius 2 is 2.10 bits per heavy atom. The molecular formula is C14H20N2O4. The molecule has 0 fully saturated rings. The number of carboxylic acids is 1. The number of esters is 1. The molecule has 0 aliphatic rings. The number of carbonyl (C=O) groups is 2. The van der Waals surface area contributed by atoms with E-state index in [1.54, 1.807) is 12.1 Å². The lowest BCUT2D eigenvalue weighted by Crippen LogP contribution is -2.36. The van der Waals surface area contributed by atoms with Crippen LogP contribution in [-0.4, -0.2) is 35.2 Å². The molecule has 0 aliphatic carbocycles. The Kier molecular flexibility index (Phi) is 5.07. The number of anilines is 1. The van der Waals surface area contributed by atoms with E-state index in [4.69, 9.17) is 5.11 Å². The average Bonchev–Trinajstić information content (AvgIpc) is 2.36. The Balaban J connectivity index is 3.05. The summed E-state index contributed by atoms with van der Waals surface area (Å²) >= 11 is 0. The zero-order valence-corrected chi connectivity index (χ0v) is 12.1. The minimum atomic E-state index is -0.909. The van der Waals surface area contributed by atoms with E-state index in [1.165, 1.54) is 13.3 Å². The number of ether oxygens (including phenoxy) is 1. The van der Waals surface area contributed by atoms with E-state index in [2.05, 4.69) is 15.0 Å². The third-order valence-electron chi connectivity index (χ3n) is 2.95. The van der Waals surface area contributed by atoms with Crippen LogP contribution >= 0.6 is 0 Å². The van der Waals surface area contributed by atoms with Crippen molar-refractivity contribution in [3.63, 3.8) is 0 Å². The van der Waals surface area contributed by atoms with Crippen molar-refractivity contribution in [2.75, 3.05) is 12.4 Å². The van der Waals surface area contributed by atoms with Gasteiger partial charge in [0, 0.05) is 12.2 Å². The Morgan fingerprint density at radius 1 is 1.45 bits per heavy atom. The number of methoxy groups -OCH3 is 1. The first kappa shape index (κ1) is 15.9. The van der Waals surface area contributed by atoms with Crippen molar-refractivity contribution < 1.29 is 19.4 Å². The molecule has 1 aromatic rings. The first-order chi connectivity index (χ1) is 9.25. The summed E-state index contributed by atoms with van der Waals surface area (Å²) in [6.45, 7) is 5.77. The topological polar surface area (TPSA) is 88.5 Å². The van der Waals surface area contributed by atoms with Gasteiger partial charge in [0.15, 0.2) is 0 Å². The molecule has 0 saturated carbocycles. The third kappa shape index (κ3) is 4.22. The van der Waals surface area contributed by atoms with Crippen LogP contribution in [0.2, 0.25) is 0 Å². The molecule has 110 valence electrons. The van der Waals surface area contributed by atoms with Crippen LogP contribution in [-0.2, 0) is 9.53 Å². The largest absolute Gasteiger partial charge is 0.481 e. The summed E-state index contributed by atoms with van der Waals surface area (Å²) in [5.41, 5.74) is -0.0156. The SMILES string of the molecule is COC(=O)c1cccnc1NC(CC(=O)O)C(C)(C)C. The fourth-order valence-electron chi connectivity index (χ4n) is 1.71. The van der Waals surface area contributed by atoms with Gasteiger partial charge in [-0.1, -0.05) is 20.8 Å². The number of rotatable bonds is 5. The Morgan fingerprint density at radius 3 is 2.60 bits per heavy atom. The van der Waals surface area contributed by atoms with Gasteiger partial charge in [0.2, 0.25) is 0 Å². The third-order valence-corrected chi connectivity index (χ3v) is 2.95. The molecule has 0 radical (unpaired) electrons.